The number of pyridine rings is 2. The van der Waals surface area contributed by atoms with E-state index in [1.165, 1.54) is 6.20 Å². The number of aryl methyl sites for hydroxylation is 1. The Bertz CT molecular complexity index is 624. The highest BCUT2D eigenvalue weighted by Crippen LogP contribution is 2.28. The summed E-state index contributed by atoms with van der Waals surface area (Å²) in [5, 5.41) is 8.17. The van der Waals surface area contributed by atoms with Gasteiger partial charge >= 0.3 is 0 Å². The molecule has 92 valence electrons. The molecule has 5 N–H and O–H groups in total. The normalized spacial score (nSPS) is 10.3. The zero-order valence-corrected chi connectivity index (χ0v) is 11.3. The molecule has 0 bridgehead atoms. The summed E-state index contributed by atoms with van der Waals surface area (Å²) in [6, 6.07) is 3.59. The Balaban J connectivity index is 2.50. The molecule has 0 unspecified atom stereocenters. The first-order valence-electron chi connectivity index (χ1n) is 5.22. The molecule has 0 fully saturated rings. The first kappa shape index (κ1) is 12.5. The summed E-state index contributed by atoms with van der Waals surface area (Å²) in [6.07, 6.45) is 3.17. The van der Waals surface area contributed by atoms with Crippen LogP contribution in [0.4, 0.5) is 11.5 Å². The lowest BCUT2D eigenvalue weighted by Gasteiger charge is -2.10. The van der Waals surface area contributed by atoms with Gasteiger partial charge < -0.3 is 11.5 Å². The average molecular weight is 306 g/mol. The number of nitrogens with two attached hydrogens (primary N) is 2. The van der Waals surface area contributed by atoms with E-state index in [4.69, 9.17) is 16.9 Å². The second-order valence-corrected chi connectivity index (χ2v) is 4.64. The van der Waals surface area contributed by atoms with E-state index >= 15 is 0 Å². The quantitative estimate of drug-likeness (QED) is 0.740. The zero-order chi connectivity index (χ0) is 13.3. The summed E-state index contributed by atoms with van der Waals surface area (Å²) >= 11 is 3.26. The Kier molecular flexibility index (Phi) is 3.29. The standard InChI is InChI=1S/C12H12BrN5/c1-6-4-7(2-3-17-6)10(14)8-5-18-12(16)9(13)11(8)15/h2-5,14H,1H3,(H4,15,16,18). The number of anilines is 2. The van der Waals surface area contributed by atoms with Crippen molar-refractivity contribution in [3.05, 3.63) is 45.8 Å². The second kappa shape index (κ2) is 4.73. The van der Waals surface area contributed by atoms with Crippen LogP contribution < -0.4 is 11.5 Å². The molecule has 6 heteroatoms. The number of hydrogen-bond donors (Lipinski definition) is 3. The Morgan fingerprint density at radius 1 is 1.33 bits per heavy atom. The molecule has 0 spiro atoms. The summed E-state index contributed by atoms with van der Waals surface area (Å²) in [4.78, 5) is 8.10. The third kappa shape index (κ3) is 2.19. The highest BCUT2D eigenvalue weighted by molar-refractivity contribution is 9.10. The average Bonchev–Trinajstić information content (AvgIpc) is 2.35. The van der Waals surface area contributed by atoms with E-state index in [-0.39, 0.29) is 0 Å². The molecule has 2 aromatic heterocycles. The van der Waals surface area contributed by atoms with Gasteiger partial charge in [0.25, 0.3) is 0 Å². The lowest BCUT2D eigenvalue weighted by Crippen LogP contribution is -2.09. The van der Waals surface area contributed by atoms with Crippen molar-refractivity contribution in [2.45, 2.75) is 6.92 Å². The Morgan fingerprint density at radius 3 is 2.72 bits per heavy atom. The maximum Gasteiger partial charge on any atom is 0.139 e. The van der Waals surface area contributed by atoms with E-state index in [1.54, 1.807) is 12.3 Å². The van der Waals surface area contributed by atoms with Crippen molar-refractivity contribution in [1.29, 1.82) is 5.41 Å². The summed E-state index contributed by atoms with van der Waals surface area (Å²) < 4.78 is 0.524. The van der Waals surface area contributed by atoms with Gasteiger partial charge in [0.2, 0.25) is 0 Å². The van der Waals surface area contributed by atoms with Crippen LogP contribution in [0.15, 0.2) is 29.0 Å². The first-order chi connectivity index (χ1) is 8.50. The summed E-state index contributed by atoms with van der Waals surface area (Å²) in [5.74, 6) is 0.315. The Labute approximate surface area is 113 Å². The minimum atomic E-state index is 0.297. The van der Waals surface area contributed by atoms with E-state index in [1.807, 2.05) is 13.0 Å². The van der Waals surface area contributed by atoms with Crippen LogP contribution in [-0.2, 0) is 0 Å². The molecule has 0 aliphatic carbocycles. The third-order valence-corrected chi connectivity index (χ3v) is 3.37. The van der Waals surface area contributed by atoms with Crippen LogP contribution >= 0.6 is 15.9 Å². The van der Waals surface area contributed by atoms with Crippen LogP contribution in [0, 0.1) is 12.3 Å². The van der Waals surface area contributed by atoms with Gasteiger partial charge in [-0.1, -0.05) is 0 Å². The maximum absolute atomic E-state index is 8.17. The molecule has 5 nitrogen and oxygen atoms in total. The van der Waals surface area contributed by atoms with Gasteiger partial charge in [0.1, 0.15) is 5.82 Å². The minimum absolute atomic E-state index is 0.297. The molecule has 0 aliphatic heterocycles. The van der Waals surface area contributed by atoms with Crippen molar-refractivity contribution < 1.29 is 0 Å². The lowest BCUT2D eigenvalue weighted by molar-refractivity contribution is 1.19. The van der Waals surface area contributed by atoms with Gasteiger partial charge in [0.05, 0.1) is 15.9 Å². The molecule has 2 rings (SSSR count). The van der Waals surface area contributed by atoms with Gasteiger partial charge in [0, 0.05) is 29.2 Å². The third-order valence-electron chi connectivity index (χ3n) is 2.54. The Morgan fingerprint density at radius 2 is 2.06 bits per heavy atom. The maximum atomic E-state index is 8.17. The van der Waals surface area contributed by atoms with Crippen molar-refractivity contribution in [3.63, 3.8) is 0 Å². The fourth-order valence-electron chi connectivity index (χ4n) is 1.57. The number of nitrogen functional groups attached to an aromatic ring is 2. The second-order valence-electron chi connectivity index (χ2n) is 3.85. The van der Waals surface area contributed by atoms with E-state index in [0.29, 0.717) is 27.3 Å². The fraction of sp³-hybridized carbons (Fsp3) is 0.0833. The number of nitrogens with one attached hydrogen (secondary N) is 1. The highest BCUT2D eigenvalue weighted by Gasteiger charge is 2.13. The van der Waals surface area contributed by atoms with E-state index in [9.17, 15) is 0 Å². The van der Waals surface area contributed by atoms with Gasteiger partial charge in [-0.15, -0.1) is 0 Å². The van der Waals surface area contributed by atoms with Crippen molar-refractivity contribution in [2.75, 3.05) is 11.5 Å². The molecule has 0 saturated carbocycles. The van der Waals surface area contributed by atoms with E-state index in [2.05, 4.69) is 25.9 Å². The first-order valence-corrected chi connectivity index (χ1v) is 6.01. The Hall–Kier alpha value is -1.95. The topological polar surface area (TPSA) is 102 Å². The molecular formula is C12H12BrN5. The lowest BCUT2D eigenvalue weighted by atomic mass is 10.0. The molecule has 2 aromatic rings. The van der Waals surface area contributed by atoms with Crippen molar-refractivity contribution in [2.24, 2.45) is 0 Å². The van der Waals surface area contributed by atoms with Gasteiger partial charge in [-0.05, 0) is 35.0 Å². The van der Waals surface area contributed by atoms with Crippen LogP contribution in [0.1, 0.15) is 16.8 Å². The molecule has 0 amide bonds. The van der Waals surface area contributed by atoms with Crippen molar-refractivity contribution >= 4 is 33.1 Å². The van der Waals surface area contributed by atoms with Crippen LogP contribution in [0.2, 0.25) is 0 Å². The molecule has 18 heavy (non-hydrogen) atoms. The van der Waals surface area contributed by atoms with Crippen LogP contribution in [-0.4, -0.2) is 15.7 Å². The van der Waals surface area contributed by atoms with Crippen LogP contribution in [0.25, 0.3) is 0 Å². The monoisotopic (exact) mass is 305 g/mol. The van der Waals surface area contributed by atoms with Crippen molar-refractivity contribution in [1.82, 2.24) is 9.97 Å². The smallest absolute Gasteiger partial charge is 0.139 e. The molecule has 0 saturated heterocycles. The van der Waals surface area contributed by atoms with Crippen LogP contribution in [0.3, 0.4) is 0 Å². The summed E-state index contributed by atoms with van der Waals surface area (Å²) in [7, 11) is 0. The van der Waals surface area contributed by atoms with Gasteiger partial charge in [-0.2, -0.15) is 0 Å². The summed E-state index contributed by atoms with van der Waals surface area (Å²) in [6.45, 7) is 1.87. The molecule has 0 atom stereocenters. The van der Waals surface area contributed by atoms with E-state index in [0.717, 1.165) is 11.3 Å². The minimum Gasteiger partial charge on any atom is -0.397 e. The number of rotatable bonds is 2. The predicted molar refractivity (Wildman–Crippen MR) is 75.7 cm³/mol. The van der Waals surface area contributed by atoms with Gasteiger partial charge in [0.15, 0.2) is 0 Å². The molecule has 0 aliphatic rings. The fourth-order valence-corrected chi connectivity index (χ4v) is 1.89. The summed E-state index contributed by atoms with van der Waals surface area (Å²) in [5.41, 5.74) is 14.4. The van der Waals surface area contributed by atoms with E-state index < -0.39 is 0 Å². The number of aromatic nitrogens is 2. The van der Waals surface area contributed by atoms with Gasteiger partial charge in [-0.25, -0.2) is 4.98 Å². The SMILES string of the molecule is Cc1cc(C(=N)c2cnc(N)c(Br)c2N)ccn1. The molecule has 0 aromatic carbocycles. The zero-order valence-electron chi connectivity index (χ0n) is 9.74. The number of halogens is 1. The predicted octanol–water partition coefficient (Wildman–Crippen LogP) is 2.13. The van der Waals surface area contributed by atoms with Gasteiger partial charge in [-0.3, -0.25) is 10.4 Å². The molecular weight excluding hydrogens is 294 g/mol. The van der Waals surface area contributed by atoms with Crippen molar-refractivity contribution in [3.8, 4) is 0 Å². The molecule has 0 radical (unpaired) electrons. The number of hydrogen-bond acceptors (Lipinski definition) is 5. The van der Waals surface area contributed by atoms with Crippen LogP contribution in [0.5, 0.6) is 0 Å². The number of nitrogens with zero attached hydrogens (tertiary/aromatic N) is 2. The highest BCUT2D eigenvalue weighted by atomic mass is 79.9. The largest absolute Gasteiger partial charge is 0.397 e. The molecule has 2 heterocycles.